The first kappa shape index (κ1) is 13.1. The van der Waals surface area contributed by atoms with Gasteiger partial charge in [0.15, 0.2) is 0 Å². The number of nitrogens with zero attached hydrogens (tertiary/aromatic N) is 2. The standard InChI is InChI=1S/C16H15N5/c17-21-16(19-13-6-2-1-3-7-13)20-15-8-4-5-12-9-10-18-11-14(12)15/h1-11H,17H2,(H2,19,20,21). The highest BCUT2D eigenvalue weighted by atomic mass is 15.3. The molecular formula is C16H15N5. The van der Waals surface area contributed by atoms with Crippen LogP contribution in [0.5, 0.6) is 0 Å². The molecule has 1 heterocycles. The van der Waals surface area contributed by atoms with Crippen LogP contribution in [0.3, 0.4) is 0 Å². The molecule has 0 aliphatic carbocycles. The summed E-state index contributed by atoms with van der Waals surface area (Å²) in [4.78, 5) is 8.68. The molecule has 5 nitrogen and oxygen atoms in total. The third kappa shape index (κ3) is 2.98. The minimum Gasteiger partial charge on any atom is -0.325 e. The Hall–Kier alpha value is -2.92. The minimum absolute atomic E-state index is 0.470. The summed E-state index contributed by atoms with van der Waals surface area (Å²) in [6, 6.07) is 17.6. The van der Waals surface area contributed by atoms with Crippen LogP contribution in [-0.2, 0) is 0 Å². The molecule has 0 aliphatic rings. The number of fused-ring (bicyclic) bond motifs is 1. The lowest BCUT2D eigenvalue weighted by Crippen LogP contribution is -2.35. The van der Waals surface area contributed by atoms with Crippen LogP contribution >= 0.6 is 0 Å². The Morgan fingerprint density at radius 3 is 2.67 bits per heavy atom. The van der Waals surface area contributed by atoms with Crippen molar-refractivity contribution in [1.29, 1.82) is 0 Å². The van der Waals surface area contributed by atoms with Crippen LogP contribution in [-0.4, -0.2) is 10.9 Å². The highest BCUT2D eigenvalue weighted by molar-refractivity contribution is 5.99. The molecule has 0 amide bonds. The number of pyridine rings is 1. The van der Waals surface area contributed by atoms with Crippen molar-refractivity contribution in [3.63, 3.8) is 0 Å². The molecule has 3 rings (SSSR count). The lowest BCUT2D eigenvalue weighted by Gasteiger charge is -2.09. The number of nitrogens with two attached hydrogens (primary N) is 1. The van der Waals surface area contributed by atoms with Gasteiger partial charge in [0, 0.05) is 23.5 Å². The van der Waals surface area contributed by atoms with E-state index in [4.69, 9.17) is 5.84 Å². The van der Waals surface area contributed by atoms with Gasteiger partial charge in [-0.2, -0.15) is 0 Å². The summed E-state index contributed by atoms with van der Waals surface area (Å²) in [7, 11) is 0. The summed E-state index contributed by atoms with van der Waals surface area (Å²) in [6.45, 7) is 0. The van der Waals surface area contributed by atoms with Crippen molar-refractivity contribution >= 4 is 28.1 Å². The molecule has 1 aromatic heterocycles. The SMILES string of the molecule is NNC(=Nc1cccc2ccncc12)Nc1ccccc1. The molecule has 0 saturated carbocycles. The van der Waals surface area contributed by atoms with E-state index >= 15 is 0 Å². The van der Waals surface area contributed by atoms with Gasteiger partial charge in [-0.05, 0) is 29.7 Å². The average molecular weight is 277 g/mol. The zero-order chi connectivity index (χ0) is 14.5. The van der Waals surface area contributed by atoms with Gasteiger partial charge in [-0.1, -0.05) is 30.3 Å². The van der Waals surface area contributed by atoms with Gasteiger partial charge in [0.05, 0.1) is 5.69 Å². The molecule has 0 spiro atoms. The van der Waals surface area contributed by atoms with Gasteiger partial charge in [-0.15, -0.1) is 0 Å². The Labute approximate surface area is 122 Å². The van der Waals surface area contributed by atoms with E-state index in [0.29, 0.717) is 5.96 Å². The number of aromatic nitrogens is 1. The van der Waals surface area contributed by atoms with Crippen molar-refractivity contribution in [3.05, 3.63) is 67.0 Å². The van der Waals surface area contributed by atoms with E-state index in [0.717, 1.165) is 22.1 Å². The third-order valence-electron chi connectivity index (χ3n) is 3.07. The largest absolute Gasteiger partial charge is 0.325 e. The Bertz CT molecular complexity index is 762. The van der Waals surface area contributed by atoms with Crippen LogP contribution in [0.25, 0.3) is 10.8 Å². The number of hydrazine groups is 1. The second-order valence-electron chi connectivity index (χ2n) is 4.47. The molecule has 0 saturated heterocycles. The number of aliphatic imine (C=N–C) groups is 1. The first-order valence-corrected chi connectivity index (χ1v) is 6.57. The highest BCUT2D eigenvalue weighted by Crippen LogP contribution is 2.24. The summed E-state index contributed by atoms with van der Waals surface area (Å²) in [5.74, 6) is 6.02. The molecule has 5 heteroatoms. The van der Waals surface area contributed by atoms with Gasteiger partial charge in [0.1, 0.15) is 0 Å². The summed E-state index contributed by atoms with van der Waals surface area (Å²) in [5.41, 5.74) is 4.29. The molecule has 0 aliphatic heterocycles. The first-order valence-electron chi connectivity index (χ1n) is 6.57. The zero-order valence-corrected chi connectivity index (χ0v) is 11.3. The monoisotopic (exact) mass is 277 g/mol. The molecule has 104 valence electrons. The Morgan fingerprint density at radius 1 is 1.00 bits per heavy atom. The van der Waals surface area contributed by atoms with Gasteiger partial charge in [0.2, 0.25) is 5.96 Å². The van der Waals surface area contributed by atoms with Crippen LogP contribution < -0.4 is 16.6 Å². The Morgan fingerprint density at radius 2 is 1.86 bits per heavy atom. The highest BCUT2D eigenvalue weighted by Gasteiger charge is 2.02. The van der Waals surface area contributed by atoms with Crippen molar-refractivity contribution in [2.45, 2.75) is 0 Å². The number of guanidine groups is 1. The number of anilines is 1. The molecule has 3 aromatic rings. The lowest BCUT2D eigenvalue weighted by atomic mass is 10.1. The average Bonchev–Trinajstić information content (AvgIpc) is 2.55. The van der Waals surface area contributed by atoms with Crippen LogP contribution in [0.15, 0.2) is 72.0 Å². The Balaban J connectivity index is 1.97. The van der Waals surface area contributed by atoms with E-state index in [1.807, 2.05) is 54.6 Å². The van der Waals surface area contributed by atoms with E-state index in [1.165, 1.54) is 0 Å². The quantitative estimate of drug-likeness (QED) is 0.291. The summed E-state index contributed by atoms with van der Waals surface area (Å²) >= 11 is 0. The molecular weight excluding hydrogens is 262 g/mol. The third-order valence-corrected chi connectivity index (χ3v) is 3.07. The van der Waals surface area contributed by atoms with E-state index < -0.39 is 0 Å². The maximum Gasteiger partial charge on any atom is 0.215 e. The van der Waals surface area contributed by atoms with E-state index in [1.54, 1.807) is 12.4 Å². The van der Waals surface area contributed by atoms with Gasteiger partial charge in [0.25, 0.3) is 0 Å². The van der Waals surface area contributed by atoms with Crippen molar-refractivity contribution in [3.8, 4) is 0 Å². The topological polar surface area (TPSA) is 75.3 Å². The van der Waals surface area contributed by atoms with Crippen LogP contribution in [0.4, 0.5) is 11.4 Å². The van der Waals surface area contributed by atoms with Crippen LogP contribution in [0.1, 0.15) is 0 Å². The molecule has 0 fully saturated rings. The van der Waals surface area contributed by atoms with E-state index in [9.17, 15) is 0 Å². The number of para-hydroxylation sites is 1. The van der Waals surface area contributed by atoms with Crippen LogP contribution in [0, 0.1) is 0 Å². The predicted molar refractivity (Wildman–Crippen MR) is 86.2 cm³/mol. The fourth-order valence-electron chi connectivity index (χ4n) is 2.07. The molecule has 2 aromatic carbocycles. The first-order chi connectivity index (χ1) is 10.4. The van der Waals surface area contributed by atoms with Gasteiger partial charge in [-0.3, -0.25) is 10.4 Å². The normalized spacial score (nSPS) is 11.4. The fraction of sp³-hybridized carbons (Fsp3) is 0. The minimum atomic E-state index is 0.470. The molecule has 0 radical (unpaired) electrons. The number of benzene rings is 2. The number of hydrogen-bond acceptors (Lipinski definition) is 3. The van der Waals surface area contributed by atoms with Gasteiger partial charge < -0.3 is 5.32 Å². The number of hydrogen-bond donors (Lipinski definition) is 3. The number of nitrogens with one attached hydrogen (secondary N) is 2. The van der Waals surface area contributed by atoms with Crippen molar-refractivity contribution in [2.75, 3.05) is 5.32 Å². The number of rotatable bonds is 2. The van der Waals surface area contributed by atoms with Crippen molar-refractivity contribution in [2.24, 2.45) is 10.8 Å². The van der Waals surface area contributed by atoms with Gasteiger partial charge in [-0.25, -0.2) is 10.8 Å². The second kappa shape index (κ2) is 6.02. The second-order valence-corrected chi connectivity index (χ2v) is 4.47. The maximum absolute atomic E-state index is 5.55. The zero-order valence-electron chi connectivity index (χ0n) is 11.3. The van der Waals surface area contributed by atoms with Crippen LogP contribution in [0.2, 0.25) is 0 Å². The molecule has 21 heavy (non-hydrogen) atoms. The molecule has 0 atom stereocenters. The predicted octanol–water partition coefficient (Wildman–Crippen LogP) is 2.80. The molecule has 0 bridgehead atoms. The van der Waals surface area contributed by atoms with Crippen molar-refractivity contribution in [1.82, 2.24) is 10.4 Å². The maximum atomic E-state index is 5.55. The summed E-state index contributed by atoms with van der Waals surface area (Å²) in [5, 5.41) is 5.20. The lowest BCUT2D eigenvalue weighted by molar-refractivity contribution is 1.02. The fourth-order valence-corrected chi connectivity index (χ4v) is 2.07. The smallest absolute Gasteiger partial charge is 0.215 e. The summed E-state index contributed by atoms with van der Waals surface area (Å²) < 4.78 is 0. The van der Waals surface area contributed by atoms with E-state index in [-0.39, 0.29) is 0 Å². The van der Waals surface area contributed by atoms with Gasteiger partial charge >= 0.3 is 0 Å². The van der Waals surface area contributed by atoms with Crippen molar-refractivity contribution < 1.29 is 0 Å². The molecule has 0 unspecified atom stereocenters. The Kier molecular flexibility index (Phi) is 3.75. The molecule has 4 N–H and O–H groups in total. The summed E-state index contributed by atoms with van der Waals surface area (Å²) in [6.07, 6.45) is 3.56. The van der Waals surface area contributed by atoms with E-state index in [2.05, 4.69) is 20.7 Å².